The zero-order valence-corrected chi connectivity index (χ0v) is 25.0. The summed E-state index contributed by atoms with van der Waals surface area (Å²) < 4.78 is 12.7. The number of rotatable bonds is 6. The minimum atomic E-state index is -0.699. The highest BCUT2D eigenvalue weighted by Gasteiger charge is 2.33. The first-order chi connectivity index (χ1) is 20.0. The van der Waals surface area contributed by atoms with Gasteiger partial charge in [0.1, 0.15) is 28.9 Å². The molecule has 0 saturated heterocycles. The molecule has 1 fully saturated rings. The molecule has 0 bridgehead atoms. The maximum Gasteiger partial charge on any atom is 0.410 e. The van der Waals surface area contributed by atoms with Crippen LogP contribution in [0.3, 0.4) is 0 Å². The molecular weight excluding hydrogens is 536 g/mol. The van der Waals surface area contributed by atoms with Gasteiger partial charge in [0, 0.05) is 36.1 Å². The SMILES string of the molecule is Cc1noc(C)c1-c1ccc(NC(=O)[C@@H](NC(=O)c2ccc3n2CCN(C(=O)OC(C)(C)C)C3)C2CCCCC2)nc1. The van der Waals surface area contributed by atoms with Crippen LogP contribution in [0.2, 0.25) is 0 Å². The highest BCUT2D eigenvalue weighted by molar-refractivity contribution is 6.00. The van der Waals surface area contributed by atoms with Gasteiger partial charge >= 0.3 is 6.09 Å². The fourth-order valence-corrected chi connectivity index (χ4v) is 5.88. The van der Waals surface area contributed by atoms with Crippen molar-refractivity contribution in [1.82, 2.24) is 24.9 Å². The fourth-order valence-electron chi connectivity index (χ4n) is 5.88. The smallest absolute Gasteiger partial charge is 0.410 e. The van der Waals surface area contributed by atoms with Gasteiger partial charge in [-0.3, -0.25) is 9.59 Å². The van der Waals surface area contributed by atoms with Crippen LogP contribution in [0.5, 0.6) is 0 Å². The van der Waals surface area contributed by atoms with Crippen molar-refractivity contribution in [3.63, 3.8) is 0 Å². The second-order valence-corrected chi connectivity index (χ2v) is 12.2. The van der Waals surface area contributed by atoms with E-state index in [0.717, 1.165) is 54.6 Å². The molecule has 0 spiro atoms. The number of anilines is 1. The van der Waals surface area contributed by atoms with Crippen molar-refractivity contribution in [2.45, 2.75) is 91.5 Å². The molecule has 0 unspecified atom stereocenters. The average Bonchev–Trinajstić information content (AvgIpc) is 3.53. The Bertz CT molecular complexity index is 1430. The Morgan fingerprint density at radius 1 is 1.05 bits per heavy atom. The van der Waals surface area contributed by atoms with E-state index in [0.29, 0.717) is 36.9 Å². The first kappa shape index (κ1) is 29.3. The maximum absolute atomic E-state index is 13.6. The number of ether oxygens (including phenoxy) is 1. The molecule has 224 valence electrons. The Morgan fingerprint density at radius 3 is 2.45 bits per heavy atom. The first-order valence-electron chi connectivity index (χ1n) is 14.7. The van der Waals surface area contributed by atoms with Crippen molar-refractivity contribution in [2.75, 3.05) is 11.9 Å². The number of nitrogens with zero attached hydrogens (tertiary/aromatic N) is 4. The van der Waals surface area contributed by atoms with Gasteiger partial charge < -0.3 is 29.4 Å². The van der Waals surface area contributed by atoms with Crippen molar-refractivity contribution in [2.24, 2.45) is 5.92 Å². The highest BCUT2D eigenvalue weighted by atomic mass is 16.6. The number of fused-ring (bicyclic) bond motifs is 1. The van der Waals surface area contributed by atoms with E-state index in [1.54, 1.807) is 23.2 Å². The lowest BCUT2D eigenvalue weighted by Gasteiger charge is -2.32. The van der Waals surface area contributed by atoms with Crippen LogP contribution in [0.1, 0.15) is 80.5 Å². The van der Waals surface area contributed by atoms with Gasteiger partial charge in [0.05, 0.1) is 12.2 Å². The van der Waals surface area contributed by atoms with E-state index in [1.807, 2.05) is 51.3 Å². The normalized spacial score (nSPS) is 16.5. The number of carbonyl (C=O) groups is 3. The predicted molar refractivity (Wildman–Crippen MR) is 157 cm³/mol. The molecule has 5 rings (SSSR count). The quantitative estimate of drug-likeness (QED) is 0.411. The molecule has 1 aliphatic heterocycles. The molecular formula is C31H40N6O5. The van der Waals surface area contributed by atoms with Gasteiger partial charge in [0.15, 0.2) is 0 Å². The minimum absolute atomic E-state index is 0.0303. The summed E-state index contributed by atoms with van der Waals surface area (Å²) in [6.45, 7) is 10.5. The summed E-state index contributed by atoms with van der Waals surface area (Å²) in [6, 6.07) is 6.53. The lowest BCUT2D eigenvalue weighted by molar-refractivity contribution is -0.119. The number of amides is 3. The Morgan fingerprint density at radius 2 is 1.81 bits per heavy atom. The zero-order chi connectivity index (χ0) is 30.0. The molecule has 3 amide bonds. The molecule has 42 heavy (non-hydrogen) atoms. The van der Waals surface area contributed by atoms with Gasteiger partial charge in [0.25, 0.3) is 5.91 Å². The Labute approximate surface area is 246 Å². The second-order valence-electron chi connectivity index (χ2n) is 12.2. The van der Waals surface area contributed by atoms with E-state index >= 15 is 0 Å². The van der Waals surface area contributed by atoms with Crippen molar-refractivity contribution < 1.29 is 23.6 Å². The lowest BCUT2D eigenvalue weighted by atomic mass is 9.83. The molecule has 4 heterocycles. The van der Waals surface area contributed by atoms with Gasteiger partial charge in [-0.05, 0) is 77.6 Å². The monoisotopic (exact) mass is 576 g/mol. The third-order valence-corrected chi connectivity index (χ3v) is 7.93. The Balaban J connectivity index is 1.29. The third kappa shape index (κ3) is 6.50. The molecule has 11 heteroatoms. The summed E-state index contributed by atoms with van der Waals surface area (Å²) in [5, 5.41) is 9.97. The fraction of sp³-hybridized carbons (Fsp3) is 0.516. The van der Waals surface area contributed by atoms with E-state index < -0.39 is 11.6 Å². The van der Waals surface area contributed by atoms with Gasteiger partial charge in [-0.15, -0.1) is 0 Å². The number of carbonyl (C=O) groups excluding carboxylic acids is 3. The zero-order valence-electron chi connectivity index (χ0n) is 25.0. The topological polar surface area (TPSA) is 132 Å². The third-order valence-electron chi connectivity index (χ3n) is 7.93. The van der Waals surface area contributed by atoms with Crippen LogP contribution < -0.4 is 10.6 Å². The molecule has 3 aromatic heterocycles. The van der Waals surface area contributed by atoms with Crippen LogP contribution in [0, 0.1) is 19.8 Å². The van der Waals surface area contributed by atoms with E-state index in [1.165, 1.54) is 0 Å². The highest BCUT2D eigenvalue weighted by Crippen LogP contribution is 2.29. The molecule has 1 atom stereocenters. The molecule has 0 aromatic carbocycles. The van der Waals surface area contributed by atoms with Gasteiger partial charge in [0.2, 0.25) is 5.91 Å². The van der Waals surface area contributed by atoms with Crippen molar-refractivity contribution in [3.8, 4) is 11.1 Å². The van der Waals surface area contributed by atoms with Crippen molar-refractivity contribution in [1.29, 1.82) is 0 Å². The van der Waals surface area contributed by atoms with Crippen molar-refractivity contribution in [3.05, 3.63) is 53.3 Å². The van der Waals surface area contributed by atoms with Crippen LogP contribution in [0.25, 0.3) is 11.1 Å². The first-order valence-corrected chi connectivity index (χ1v) is 14.7. The second kappa shape index (κ2) is 12.0. The minimum Gasteiger partial charge on any atom is -0.444 e. The number of aryl methyl sites for hydroxylation is 2. The number of nitrogens with one attached hydrogen (secondary N) is 2. The Hall–Kier alpha value is -4.15. The largest absolute Gasteiger partial charge is 0.444 e. The summed E-state index contributed by atoms with van der Waals surface area (Å²) in [4.78, 5) is 45.9. The van der Waals surface area contributed by atoms with Gasteiger partial charge in [-0.2, -0.15) is 0 Å². The number of aromatic nitrogens is 3. The summed E-state index contributed by atoms with van der Waals surface area (Å²) in [5.74, 6) is 0.556. The van der Waals surface area contributed by atoms with Gasteiger partial charge in [-0.25, -0.2) is 9.78 Å². The molecule has 3 aromatic rings. The number of pyridine rings is 1. The van der Waals surface area contributed by atoms with E-state index in [4.69, 9.17) is 9.26 Å². The Kier molecular flexibility index (Phi) is 8.38. The molecule has 11 nitrogen and oxygen atoms in total. The maximum atomic E-state index is 13.6. The van der Waals surface area contributed by atoms with Crippen LogP contribution >= 0.6 is 0 Å². The molecule has 1 saturated carbocycles. The average molecular weight is 577 g/mol. The summed E-state index contributed by atoms with van der Waals surface area (Å²) >= 11 is 0. The standard InChI is InChI=1S/C31H40N6O5/c1-19-26(20(2)42-35-19)22-11-14-25(32-17-22)33-29(39)27(21-9-7-6-8-10-21)34-28(38)24-13-12-23-18-36(15-16-37(23)24)30(40)41-31(3,4)5/h11-14,17,21,27H,6-10,15-16,18H2,1-5H3,(H,34,38)(H,32,33,39)/t27-/m0/s1. The lowest BCUT2D eigenvalue weighted by Crippen LogP contribution is -2.49. The predicted octanol–water partition coefficient (Wildman–Crippen LogP) is 5.22. The van der Waals surface area contributed by atoms with Crippen LogP contribution in [0.15, 0.2) is 35.0 Å². The van der Waals surface area contributed by atoms with Crippen molar-refractivity contribution >= 4 is 23.7 Å². The summed E-state index contributed by atoms with van der Waals surface area (Å²) in [7, 11) is 0. The van der Waals surface area contributed by atoms with Crippen LogP contribution in [0.4, 0.5) is 10.6 Å². The summed E-state index contributed by atoms with van der Waals surface area (Å²) in [5.41, 5.74) is 3.25. The van der Waals surface area contributed by atoms with E-state index in [2.05, 4.69) is 20.8 Å². The number of hydrogen-bond acceptors (Lipinski definition) is 7. The molecule has 2 N–H and O–H groups in total. The van der Waals surface area contributed by atoms with Crippen LogP contribution in [-0.4, -0.2) is 55.7 Å². The van der Waals surface area contributed by atoms with E-state index in [-0.39, 0.29) is 23.8 Å². The van der Waals surface area contributed by atoms with E-state index in [9.17, 15) is 14.4 Å². The van der Waals surface area contributed by atoms with Crippen LogP contribution in [-0.2, 0) is 22.6 Å². The van der Waals surface area contributed by atoms with Gasteiger partial charge in [-0.1, -0.05) is 24.4 Å². The molecule has 2 aliphatic rings. The summed E-state index contributed by atoms with van der Waals surface area (Å²) in [6.07, 6.45) is 6.23. The molecule has 1 aliphatic carbocycles. The molecule has 0 radical (unpaired) electrons. The number of hydrogen-bond donors (Lipinski definition) is 2.